The number of rotatable bonds is 8. The van der Waals surface area contributed by atoms with Crippen LogP contribution in [0.1, 0.15) is 37.6 Å². The minimum Gasteiger partial charge on any atom is -0.490 e. The summed E-state index contributed by atoms with van der Waals surface area (Å²) in [7, 11) is 1.36. The summed E-state index contributed by atoms with van der Waals surface area (Å²) in [4.78, 5) is 35.2. The third-order valence-corrected chi connectivity index (χ3v) is 3.39. The van der Waals surface area contributed by atoms with Gasteiger partial charge >= 0.3 is 12.0 Å². The Balaban J connectivity index is 2.94. The predicted molar refractivity (Wildman–Crippen MR) is 95.9 cm³/mol. The van der Waals surface area contributed by atoms with Gasteiger partial charge in [0.25, 0.3) is 5.91 Å². The molecule has 0 spiro atoms. The summed E-state index contributed by atoms with van der Waals surface area (Å²) in [6.45, 7) is 5.88. The van der Waals surface area contributed by atoms with E-state index in [-0.39, 0.29) is 10.6 Å². The van der Waals surface area contributed by atoms with Gasteiger partial charge in [-0.3, -0.25) is 10.1 Å². The molecule has 0 aliphatic carbocycles. The fourth-order valence-corrected chi connectivity index (χ4v) is 2.12. The van der Waals surface area contributed by atoms with E-state index in [0.29, 0.717) is 24.7 Å². The van der Waals surface area contributed by atoms with Crippen LogP contribution < -0.4 is 20.1 Å². The van der Waals surface area contributed by atoms with Crippen molar-refractivity contribution in [3.63, 3.8) is 0 Å². The Hall–Kier alpha value is -2.48. The molecule has 1 atom stereocenters. The van der Waals surface area contributed by atoms with Crippen molar-refractivity contribution in [3.8, 4) is 11.5 Å². The lowest BCUT2D eigenvalue weighted by atomic mass is 10.2. The first-order valence-corrected chi connectivity index (χ1v) is 8.54. The summed E-state index contributed by atoms with van der Waals surface area (Å²) < 4.78 is 16.1. The molecule has 1 aromatic carbocycles. The molecule has 0 unspecified atom stereocenters. The molecule has 0 fully saturated rings. The van der Waals surface area contributed by atoms with Crippen molar-refractivity contribution in [3.05, 3.63) is 22.7 Å². The van der Waals surface area contributed by atoms with Crippen molar-refractivity contribution in [2.45, 2.75) is 33.3 Å². The average Bonchev–Trinajstić information content (AvgIpc) is 2.60. The standard InChI is InChI=1S/C17H23ClN2O6/c1-5-7-25-14-12(18)8-11(9-13(14)24-6-2)16(22)26-10(3)15(21)20-17(23)19-4/h8-10H,5-7H2,1-4H3,(H2,19,20,21,23)/t10-/m1/s1. The lowest BCUT2D eigenvalue weighted by molar-refractivity contribution is -0.127. The van der Waals surface area contributed by atoms with Gasteiger partial charge < -0.3 is 19.5 Å². The summed E-state index contributed by atoms with van der Waals surface area (Å²) in [5.41, 5.74) is 0.0990. The number of halogens is 1. The lowest BCUT2D eigenvalue weighted by Gasteiger charge is -2.16. The van der Waals surface area contributed by atoms with Crippen molar-refractivity contribution >= 4 is 29.5 Å². The smallest absolute Gasteiger partial charge is 0.339 e. The summed E-state index contributed by atoms with van der Waals surface area (Å²) in [6, 6.07) is 2.12. The average molecular weight is 387 g/mol. The topological polar surface area (TPSA) is 103 Å². The number of carbonyl (C=O) groups excluding carboxylic acids is 3. The second-order valence-electron chi connectivity index (χ2n) is 5.18. The second kappa shape index (κ2) is 10.5. The highest BCUT2D eigenvalue weighted by atomic mass is 35.5. The third-order valence-electron chi connectivity index (χ3n) is 3.11. The Labute approximate surface area is 157 Å². The molecule has 144 valence electrons. The maximum Gasteiger partial charge on any atom is 0.339 e. The number of ether oxygens (including phenoxy) is 3. The van der Waals surface area contributed by atoms with Crippen LogP contribution >= 0.6 is 11.6 Å². The Morgan fingerprint density at radius 2 is 1.88 bits per heavy atom. The summed E-state index contributed by atoms with van der Waals surface area (Å²) in [6.07, 6.45) is -0.394. The number of imide groups is 1. The number of hydrogen-bond donors (Lipinski definition) is 2. The quantitative estimate of drug-likeness (QED) is 0.665. The second-order valence-corrected chi connectivity index (χ2v) is 5.59. The number of benzene rings is 1. The molecule has 0 saturated heterocycles. The van der Waals surface area contributed by atoms with Crippen LogP contribution in [0.15, 0.2) is 12.1 Å². The zero-order valence-electron chi connectivity index (χ0n) is 15.2. The van der Waals surface area contributed by atoms with E-state index in [9.17, 15) is 14.4 Å². The van der Waals surface area contributed by atoms with Gasteiger partial charge in [0.1, 0.15) is 0 Å². The van der Waals surface area contributed by atoms with Crippen LogP contribution in [0.3, 0.4) is 0 Å². The first-order valence-electron chi connectivity index (χ1n) is 8.16. The number of amides is 3. The van der Waals surface area contributed by atoms with E-state index in [1.807, 2.05) is 12.2 Å². The monoisotopic (exact) mass is 386 g/mol. The molecule has 0 aliphatic heterocycles. The highest BCUT2D eigenvalue weighted by molar-refractivity contribution is 6.32. The minimum atomic E-state index is -1.18. The zero-order valence-corrected chi connectivity index (χ0v) is 15.9. The van der Waals surface area contributed by atoms with Crippen LogP contribution in [-0.2, 0) is 9.53 Å². The molecular weight excluding hydrogens is 364 g/mol. The molecule has 0 radical (unpaired) electrons. The molecule has 8 nitrogen and oxygen atoms in total. The van der Waals surface area contributed by atoms with Crippen molar-refractivity contribution < 1.29 is 28.6 Å². The highest BCUT2D eigenvalue weighted by Crippen LogP contribution is 2.37. The van der Waals surface area contributed by atoms with Crippen molar-refractivity contribution in [1.29, 1.82) is 0 Å². The molecule has 0 heterocycles. The van der Waals surface area contributed by atoms with Gasteiger partial charge in [0.15, 0.2) is 17.6 Å². The van der Waals surface area contributed by atoms with Crippen molar-refractivity contribution in [1.82, 2.24) is 10.6 Å². The van der Waals surface area contributed by atoms with Crippen LogP contribution in [0.2, 0.25) is 5.02 Å². The number of nitrogens with one attached hydrogen (secondary N) is 2. The number of hydrogen-bond acceptors (Lipinski definition) is 6. The Morgan fingerprint density at radius 1 is 1.19 bits per heavy atom. The van der Waals surface area contributed by atoms with Gasteiger partial charge in [-0.2, -0.15) is 0 Å². The van der Waals surface area contributed by atoms with Crippen LogP contribution in [0.25, 0.3) is 0 Å². The van der Waals surface area contributed by atoms with Crippen LogP contribution in [-0.4, -0.2) is 44.3 Å². The molecule has 0 saturated carbocycles. The fourth-order valence-electron chi connectivity index (χ4n) is 1.85. The SMILES string of the molecule is CCCOc1c(Cl)cc(C(=O)O[C@H](C)C(=O)NC(=O)NC)cc1OCC. The van der Waals surface area contributed by atoms with E-state index < -0.39 is 24.0 Å². The van der Waals surface area contributed by atoms with Gasteiger partial charge in [-0.15, -0.1) is 0 Å². The van der Waals surface area contributed by atoms with E-state index in [1.165, 1.54) is 26.1 Å². The predicted octanol–water partition coefficient (Wildman–Crippen LogP) is 2.53. The number of carbonyl (C=O) groups is 3. The Morgan fingerprint density at radius 3 is 2.46 bits per heavy atom. The molecule has 1 rings (SSSR count). The maximum absolute atomic E-state index is 12.3. The van der Waals surface area contributed by atoms with Gasteiger partial charge in [0.05, 0.1) is 23.8 Å². The maximum atomic E-state index is 12.3. The van der Waals surface area contributed by atoms with E-state index in [0.717, 1.165) is 6.42 Å². The first-order chi connectivity index (χ1) is 12.3. The minimum absolute atomic E-state index is 0.0990. The molecule has 0 aliphatic rings. The largest absolute Gasteiger partial charge is 0.490 e. The molecule has 9 heteroatoms. The van der Waals surface area contributed by atoms with E-state index in [4.69, 9.17) is 25.8 Å². The summed E-state index contributed by atoms with van der Waals surface area (Å²) in [5, 5.41) is 4.45. The number of urea groups is 1. The van der Waals surface area contributed by atoms with Crippen LogP contribution in [0.4, 0.5) is 4.79 Å². The molecule has 26 heavy (non-hydrogen) atoms. The Bertz CT molecular complexity index is 665. The highest BCUT2D eigenvalue weighted by Gasteiger charge is 2.23. The fraction of sp³-hybridized carbons (Fsp3) is 0.471. The lowest BCUT2D eigenvalue weighted by Crippen LogP contribution is -2.43. The van der Waals surface area contributed by atoms with E-state index in [1.54, 1.807) is 6.92 Å². The molecule has 3 amide bonds. The van der Waals surface area contributed by atoms with E-state index in [2.05, 4.69) is 5.32 Å². The van der Waals surface area contributed by atoms with Gasteiger partial charge in [-0.05, 0) is 32.4 Å². The molecule has 0 bridgehead atoms. The first kappa shape index (κ1) is 21.6. The van der Waals surface area contributed by atoms with Gasteiger partial charge in [-0.25, -0.2) is 9.59 Å². The van der Waals surface area contributed by atoms with Crippen molar-refractivity contribution in [2.24, 2.45) is 0 Å². The van der Waals surface area contributed by atoms with Crippen molar-refractivity contribution in [2.75, 3.05) is 20.3 Å². The Kier molecular flexibility index (Phi) is 8.71. The molecule has 1 aromatic rings. The van der Waals surface area contributed by atoms with Gasteiger partial charge in [0, 0.05) is 7.05 Å². The van der Waals surface area contributed by atoms with Gasteiger partial charge in [-0.1, -0.05) is 18.5 Å². The summed E-state index contributed by atoms with van der Waals surface area (Å²) >= 11 is 6.19. The third kappa shape index (κ3) is 6.11. The van der Waals surface area contributed by atoms with Crippen LogP contribution in [0.5, 0.6) is 11.5 Å². The normalized spacial score (nSPS) is 11.3. The van der Waals surface area contributed by atoms with Crippen LogP contribution in [0, 0.1) is 0 Å². The van der Waals surface area contributed by atoms with Gasteiger partial charge in [0.2, 0.25) is 0 Å². The number of esters is 1. The molecule has 2 N–H and O–H groups in total. The summed E-state index contributed by atoms with van der Waals surface area (Å²) in [5.74, 6) is -0.883. The molecule has 0 aromatic heterocycles. The zero-order chi connectivity index (χ0) is 19.7. The molecular formula is C17H23ClN2O6. The van der Waals surface area contributed by atoms with E-state index >= 15 is 0 Å².